The van der Waals surface area contributed by atoms with Crippen molar-refractivity contribution in [2.75, 3.05) is 26.2 Å². The Labute approximate surface area is 99.2 Å². The average molecular weight is 243 g/mol. The maximum atomic E-state index is 11.3. The van der Waals surface area contributed by atoms with E-state index in [9.17, 15) is 14.4 Å². The lowest BCUT2D eigenvalue weighted by atomic mass is 10.0. The van der Waals surface area contributed by atoms with Gasteiger partial charge in [-0.1, -0.05) is 6.92 Å². The SMILES string of the molecule is CCCNC(=O)NC(=O)CN1CC(C(=O)O)C1. The van der Waals surface area contributed by atoms with Gasteiger partial charge in [0.2, 0.25) is 5.91 Å². The molecule has 0 aromatic carbocycles. The quantitative estimate of drug-likeness (QED) is 0.589. The van der Waals surface area contributed by atoms with Crippen molar-refractivity contribution in [2.24, 2.45) is 5.92 Å². The largest absolute Gasteiger partial charge is 0.481 e. The Morgan fingerprint density at radius 3 is 2.53 bits per heavy atom. The Bertz CT molecular complexity index is 313. The molecule has 3 amide bonds. The summed E-state index contributed by atoms with van der Waals surface area (Å²) in [4.78, 5) is 34.7. The molecule has 1 aliphatic heterocycles. The topological polar surface area (TPSA) is 98.7 Å². The number of aliphatic carboxylic acids is 1. The van der Waals surface area contributed by atoms with Gasteiger partial charge in [-0.05, 0) is 6.42 Å². The van der Waals surface area contributed by atoms with Gasteiger partial charge in [0.25, 0.3) is 0 Å². The monoisotopic (exact) mass is 243 g/mol. The van der Waals surface area contributed by atoms with Gasteiger partial charge in [-0.2, -0.15) is 0 Å². The molecule has 0 aromatic heterocycles. The van der Waals surface area contributed by atoms with Crippen molar-refractivity contribution in [3.05, 3.63) is 0 Å². The van der Waals surface area contributed by atoms with Crippen LogP contribution in [0.1, 0.15) is 13.3 Å². The number of imide groups is 1. The number of urea groups is 1. The first-order valence-corrected chi connectivity index (χ1v) is 5.55. The molecular formula is C10H17N3O4. The minimum absolute atomic E-state index is 0.0589. The zero-order valence-electron chi connectivity index (χ0n) is 9.73. The van der Waals surface area contributed by atoms with E-state index in [2.05, 4.69) is 10.6 Å². The van der Waals surface area contributed by atoms with Crippen LogP contribution in [0.3, 0.4) is 0 Å². The minimum atomic E-state index is -0.845. The van der Waals surface area contributed by atoms with E-state index in [-0.39, 0.29) is 6.54 Å². The maximum Gasteiger partial charge on any atom is 0.321 e. The first-order chi connectivity index (χ1) is 8.02. The van der Waals surface area contributed by atoms with Gasteiger partial charge < -0.3 is 10.4 Å². The first kappa shape index (κ1) is 13.4. The highest BCUT2D eigenvalue weighted by molar-refractivity contribution is 5.95. The Morgan fingerprint density at radius 1 is 1.35 bits per heavy atom. The molecule has 7 nitrogen and oxygen atoms in total. The number of nitrogens with zero attached hydrogens (tertiary/aromatic N) is 1. The third-order valence-electron chi connectivity index (χ3n) is 2.46. The lowest BCUT2D eigenvalue weighted by Crippen LogP contribution is -2.54. The molecule has 1 aliphatic rings. The number of rotatable bonds is 5. The van der Waals surface area contributed by atoms with Crippen molar-refractivity contribution in [2.45, 2.75) is 13.3 Å². The van der Waals surface area contributed by atoms with Crippen molar-refractivity contribution in [1.82, 2.24) is 15.5 Å². The molecule has 96 valence electrons. The molecule has 0 atom stereocenters. The Morgan fingerprint density at radius 2 is 2.00 bits per heavy atom. The van der Waals surface area contributed by atoms with Crippen LogP contribution in [0.4, 0.5) is 4.79 Å². The molecule has 1 heterocycles. The van der Waals surface area contributed by atoms with Gasteiger partial charge in [0, 0.05) is 19.6 Å². The molecule has 0 unspecified atom stereocenters. The number of carbonyl (C=O) groups is 3. The fraction of sp³-hybridized carbons (Fsp3) is 0.700. The van der Waals surface area contributed by atoms with E-state index in [1.54, 1.807) is 4.90 Å². The molecule has 0 aromatic rings. The molecule has 1 fully saturated rings. The van der Waals surface area contributed by atoms with E-state index in [1.165, 1.54) is 0 Å². The molecule has 17 heavy (non-hydrogen) atoms. The van der Waals surface area contributed by atoms with Gasteiger partial charge in [0.1, 0.15) is 0 Å². The van der Waals surface area contributed by atoms with Crippen molar-refractivity contribution in [3.8, 4) is 0 Å². The molecule has 0 saturated carbocycles. The standard InChI is InChI=1S/C10H17N3O4/c1-2-3-11-10(17)12-8(14)6-13-4-7(5-13)9(15)16/h7H,2-6H2,1H3,(H,15,16)(H2,11,12,14,17). The molecule has 3 N–H and O–H groups in total. The number of carbonyl (C=O) groups excluding carboxylic acids is 2. The van der Waals surface area contributed by atoms with E-state index in [1.807, 2.05) is 6.92 Å². The second-order valence-electron chi connectivity index (χ2n) is 4.03. The number of carboxylic acid groups (broad SMARTS) is 1. The Balaban J connectivity index is 2.14. The first-order valence-electron chi connectivity index (χ1n) is 5.55. The second kappa shape index (κ2) is 6.19. The summed E-state index contributed by atoms with van der Waals surface area (Å²) in [7, 11) is 0. The van der Waals surface area contributed by atoms with E-state index in [0.29, 0.717) is 19.6 Å². The van der Waals surface area contributed by atoms with E-state index in [0.717, 1.165) is 6.42 Å². The smallest absolute Gasteiger partial charge is 0.321 e. The second-order valence-corrected chi connectivity index (χ2v) is 4.03. The van der Waals surface area contributed by atoms with Gasteiger partial charge in [0.05, 0.1) is 12.5 Å². The summed E-state index contributed by atoms with van der Waals surface area (Å²) >= 11 is 0. The van der Waals surface area contributed by atoms with Crippen LogP contribution in [0.2, 0.25) is 0 Å². The maximum absolute atomic E-state index is 11.3. The van der Waals surface area contributed by atoms with Gasteiger partial charge in [-0.25, -0.2) is 4.79 Å². The zero-order chi connectivity index (χ0) is 12.8. The average Bonchev–Trinajstić information content (AvgIpc) is 2.19. The molecular weight excluding hydrogens is 226 g/mol. The van der Waals surface area contributed by atoms with Crippen LogP contribution < -0.4 is 10.6 Å². The third kappa shape index (κ3) is 4.39. The van der Waals surface area contributed by atoms with E-state index in [4.69, 9.17) is 5.11 Å². The molecule has 7 heteroatoms. The van der Waals surface area contributed by atoms with Crippen LogP contribution in [-0.2, 0) is 9.59 Å². The van der Waals surface area contributed by atoms with Crippen molar-refractivity contribution < 1.29 is 19.5 Å². The number of amides is 3. The van der Waals surface area contributed by atoms with Gasteiger partial charge in [-0.15, -0.1) is 0 Å². The highest BCUT2D eigenvalue weighted by atomic mass is 16.4. The summed E-state index contributed by atoms with van der Waals surface area (Å²) in [5.41, 5.74) is 0. The van der Waals surface area contributed by atoms with Crippen LogP contribution in [0.15, 0.2) is 0 Å². The fourth-order valence-corrected chi connectivity index (χ4v) is 1.51. The van der Waals surface area contributed by atoms with Crippen LogP contribution in [0.25, 0.3) is 0 Å². The van der Waals surface area contributed by atoms with Crippen LogP contribution in [-0.4, -0.2) is 54.1 Å². The lowest BCUT2D eigenvalue weighted by Gasteiger charge is -2.35. The van der Waals surface area contributed by atoms with Crippen LogP contribution in [0.5, 0.6) is 0 Å². The minimum Gasteiger partial charge on any atom is -0.481 e. The van der Waals surface area contributed by atoms with Crippen LogP contribution in [0, 0.1) is 5.92 Å². The Hall–Kier alpha value is -1.63. The zero-order valence-corrected chi connectivity index (χ0v) is 9.73. The number of carboxylic acids is 1. The van der Waals surface area contributed by atoms with Crippen molar-refractivity contribution >= 4 is 17.9 Å². The van der Waals surface area contributed by atoms with Gasteiger partial charge in [0.15, 0.2) is 0 Å². The molecule has 1 saturated heterocycles. The third-order valence-corrected chi connectivity index (χ3v) is 2.46. The van der Waals surface area contributed by atoms with E-state index >= 15 is 0 Å². The fourth-order valence-electron chi connectivity index (χ4n) is 1.51. The summed E-state index contributed by atoms with van der Waals surface area (Å²) in [6.07, 6.45) is 0.800. The molecule has 1 rings (SSSR count). The predicted octanol–water partition coefficient (Wildman–Crippen LogP) is -0.761. The number of nitrogens with one attached hydrogen (secondary N) is 2. The van der Waals surface area contributed by atoms with Crippen molar-refractivity contribution in [3.63, 3.8) is 0 Å². The summed E-state index contributed by atoms with van der Waals surface area (Å²) in [5, 5.41) is 13.3. The summed E-state index contributed by atoms with van der Waals surface area (Å²) in [5.74, 6) is -1.65. The van der Waals surface area contributed by atoms with Crippen LogP contribution >= 0.6 is 0 Å². The predicted molar refractivity (Wildman–Crippen MR) is 59.4 cm³/mol. The summed E-state index contributed by atoms with van der Waals surface area (Å²) in [6, 6.07) is -0.507. The lowest BCUT2D eigenvalue weighted by molar-refractivity contribution is -0.148. The highest BCUT2D eigenvalue weighted by Crippen LogP contribution is 2.14. The summed E-state index contributed by atoms with van der Waals surface area (Å²) in [6.45, 7) is 3.21. The highest BCUT2D eigenvalue weighted by Gasteiger charge is 2.33. The Kier molecular flexibility index (Phi) is 4.89. The van der Waals surface area contributed by atoms with Crippen molar-refractivity contribution in [1.29, 1.82) is 0 Å². The molecule has 0 spiro atoms. The molecule has 0 aliphatic carbocycles. The molecule has 0 radical (unpaired) electrons. The number of hydrogen-bond acceptors (Lipinski definition) is 4. The summed E-state index contributed by atoms with van der Waals surface area (Å²) < 4.78 is 0. The van der Waals surface area contributed by atoms with Gasteiger partial charge in [-0.3, -0.25) is 19.8 Å². The molecule has 0 bridgehead atoms. The number of hydrogen-bond donors (Lipinski definition) is 3. The van der Waals surface area contributed by atoms with E-state index < -0.39 is 23.8 Å². The normalized spacial score (nSPS) is 16.1. The van der Waals surface area contributed by atoms with Gasteiger partial charge >= 0.3 is 12.0 Å². The number of likely N-dealkylation sites (tertiary alicyclic amines) is 1.